The largest absolute Gasteiger partial charge is 0.420 e. The minimum atomic E-state index is 0.163. The molecule has 0 spiro atoms. The molecule has 3 aromatic heterocycles. The molecule has 0 N–H and O–H groups in total. The number of hydrogen-bond donors (Lipinski definition) is 0. The van der Waals surface area contributed by atoms with E-state index in [1.165, 1.54) is 11.8 Å². The third-order valence-corrected chi connectivity index (χ3v) is 5.76. The summed E-state index contributed by atoms with van der Waals surface area (Å²) in [5, 5.41) is 25.2. The number of aryl methyl sites for hydroxylation is 1. The Kier molecular flexibility index (Phi) is 5.28. The van der Waals surface area contributed by atoms with Crippen molar-refractivity contribution in [1.82, 2.24) is 35.6 Å². The van der Waals surface area contributed by atoms with Crippen LogP contribution >= 0.6 is 11.8 Å². The Morgan fingerprint density at radius 2 is 2.07 bits per heavy atom. The van der Waals surface area contributed by atoms with E-state index >= 15 is 0 Å². The maximum atomic E-state index is 5.90. The van der Waals surface area contributed by atoms with Crippen LogP contribution in [0.5, 0.6) is 0 Å². The van der Waals surface area contributed by atoms with Gasteiger partial charge in [-0.2, -0.15) is 0 Å². The molecule has 1 saturated heterocycles. The molecule has 4 aromatic rings. The predicted octanol–water partition coefficient (Wildman–Crippen LogP) is 3.16. The summed E-state index contributed by atoms with van der Waals surface area (Å²) >= 11 is 1.44. The maximum absolute atomic E-state index is 5.90. The van der Waals surface area contributed by atoms with E-state index in [-0.39, 0.29) is 6.10 Å². The van der Waals surface area contributed by atoms with Gasteiger partial charge in [0.15, 0.2) is 0 Å². The van der Waals surface area contributed by atoms with Crippen molar-refractivity contribution in [3.8, 4) is 22.7 Å². The van der Waals surface area contributed by atoms with E-state index in [1.807, 2.05) is 37.3 Å². The summed E-state index contributed by atoms with van der Waals surface area (Å²) < 4.78 is 18.7. The van der Waals surface area contributed by atoms with Crippen LogP contribution in [0.4, 0.5) is 0 Å². The number of nitrogens with zero attached hydrogens (tertiary/aromatic N) is 7. The minimum Gasteiger partial charge on any atom is -0.420 e. The quantitative estimate of drug-likeness (QED) is 0.409. The topological polar surface area (TPSA) is 118 Å². The van der Waals surface area contributed by atoms with Gasteiger partial charge in [0.2, 0.25) is 11.0 Å². The first-order valence-corrected chi connectivity index (χ1v) is 10.6. The molecule has 0 saturated carbocycles. The Morgan fingerprint density at radius 1 is 1.17 bits per heavy atom. The number of aromatic nitrogens is 7. The SMILES string of the molecule is Cc1onc(-c2ccccc2)c1-c1nnc(CSc2nnnn2C[C@@H]2CCCO2)o1. The minimum absolute atomic E-state index is 0.163. The standard InChI is InChI=1S/C19H19N7O3S/c1-12-16(17(23-29-12)13-6-3-2-4-7-13)18-21-20-15(28-18)11-30-19-22-24-25-26(19)10-14-8-5-9-27-14/h2-4,6-7,14H,5,8-11H2,1H3/t14-/m0/s1. The van der Waals surface area contributed by atoms with Gasteiger partial charge in [0.25, 0.3) is 5.89 Å². The Hall–Kier alpha value is -3.05. The summed E-state index contributed by atoms with van der Waals surface area (Å²) in [4.78, 5) is 0. The van der Waals surface area contributed by atoms with Gasteiger partial charge < -0.3 is 13.7 Å². The van der Waals surface area contributed by atoms with Gasteiger partial charge in [0, 0.05) is 12.2 Å². The highest BCUT2D eigenvalue weighted by atomic mass is 32.2. The Balaban J connectivity index is 1.31. The summed E-state index contributed by atoms with van der Waals surface area (Å²) in [6, 6.07) is 9.76. The van der Waals surface area contributed by atoms with Crippen molar-refractivity contribution in [2.45, 2.75) is 43.3 Å². The van der Waals surface area contributed by atoms with Crippen molar-refractivity contribution in [3.05, 3.63) is 42.0 Å². The molecule has 4 heterocycles. The predicted molar refractivity (Wildman–Crippen MR) is 106 cm³/mol. The fourth-order valence-electron chi connectivity index (χ4n) is 3.35. The van der Waals surface area contributed by atoms with Crippen LogP contribution in [-0.4, -0.2) is 48.3 Å². The highest BCUT2D eigenvalue weighted by molar-refractivity contribution is 7.98. The molecule has 10 nitrogen and oxygen atoms in total. The number of hydrogen-bond acceptors (Lipinski definition) is 10. The van der Waals surface area contributed by atoms with Gasteiger partial charge >= 0.3 is 0 Å². The van der Waals surface area contributed by atoms with Gasteiger partial charge in [0.05, 0.1) is 18.4 Å². The van der Waals surface area contributed by atoms with Crippen molar-refractivity contribution in [3.63, 3.8) is 0 Å². The lowest BCUT2D eigenvalue weighted by Gasteiger charge is -2.09. The second kappa shape index (κ2) is 8.36. The third kappa shape index (κ3) is 3.85. The molecule has 1 aliphatic heterocycles. The highest BCUT2D eigenvalue weighted by Crippen LogP contribution is 2.34. The first kappa shape index (κ1) is 18.9. The zero-order valence-corrected chi connectivity index (χ0v) is 17.1. The van der Waals surface area contributed by atoms with Crippen LogP contribution in [0.2, 0.25) is 0 Å². The molecule has 1 aromatic carbocycles. The van der Waals surface area contributed by atoms with Crippen molar-refractivity contribution in [2.75, 3.05) is 6.61 Å². The highest BCUT2D eigenvalue weighted by Gasteiger charge is 2.23. The van der Waals surface area contributed by atoms with E-state index in [9.17, 15) is 0 Å². The van der Waals surface area contributed by atoms with Gasteiger partial charge in [-0.1, -0.05) is 47.3 Å². The second-order valence-electron chi connectivity index (χ2n) is 6.90. The van der Waals surface area contributed by atoms with Crippen LogP contribution in [0.3, 0.4) is 0 Å². The van der Waals surface area contributed by atoms with Crippen molar-refractivity contribution < 1.29 is 13.7 Å². The molecule has 5 rings (SSSR count). The smallest absolute Gasteiger partial charge is 0.253 e. The zero-order chi connectivity index (χ0) is 20.3. The van der Waals surface area contributed by atoms with Crippen molar-refractivity contribution in [2.24, 2.45) is 0 Å². The summed E-state index contributed by atoms with van der Waals surface area (Å²) in [6.07, 6.45) is 2.27. The third-order valence-electron chi connectivity index (χ3n) is 4.82. The fourth-order valence-corrected chi connectivity index (χ4v) is 4.08. The molecule has 0 unspecified atom stereocenters. The number of benzene rings is 1. The van der Waals surface area contributed by atoms with Crippen LogP contribution in [0, 0.1) is 6.92 Å². The summed E-state index contributed by atoms with van der Waals surface area (Å²) in [5.41, 5.74) is 2.30. The zero-order valence-electron chi connectivity index (χ0n) is 16.3. The molecule has 30 heavy (non-hydrogen) atoms. The Labute approximate surface area is 176 Å². The monoisotopic (exact) mass is 425 g/mol. The van der Waals surface area contributed by atoms with Crippen LogP contribution in [-0.2, 0) is 17.0 Å². The van der Waals surface area contributed by atoms with Crippen LogP contribution in [0.25, 0.3) is 22.7 Å². The lowest BCUT2D eigenvalue weighted by atomic mass is 10.1. The van der Waals surface area contributed by atoms with Crippen LogP contribution in [0.15, 0.2) is 44.4 Å². The molecule has 0 aliphatic carbocycles. The molecule has 0 bridgehead atoms. The fraction of sp³-hybridized carbons (Fsp3) is 0.368. The summed E-state index contributed by atoms with van der Waals surface area (Å²) in [6.45, 7) is 3.27. The average Bonchev–Trinajstić information content (AvgIpc) is 3.56. The van der Waals surface area contributed by atoms with Gasteiger partial charge in [-0.05, 0) is 30.2 Å². The number of rotatable bonds is 7. The van der Waals surface area contributed by atoms with Gasteiger partial charge in [-0.15, -0.1) is 15.3 Å². The normalized spacial score (nSPS) is 16.4. The lowest BCUT2D eigenvalue weighted by molar-refractivity contribution is 0.0912. The van der Waals surface area contributed by atoms with E-state index in [2.05, 4.69) is 30.9 Å². The van der Waals surface area contributed by atoms with Crippen LogP contribution < -0.4 is 0 Å². The molecular formula is C19H19N7O3S. The maximum Gasteiger partial charge on any atom is 0.253 e. The van der Waals surface area contributed by atoms with Gasteiger partial charge in [-0.25, -0.2) is 4.68 Å². The number of ether oxygens (including phenoxy) is 1. The van der Waals surface area contributed by atoms with E-state index in [0.29, 0.717) is 46.3 Å². The van der Waals surface area contributed by atoms with Gasteiger partial charge in [0.1, 0.15) is 17.0 Å². The van der Waals surface area contributed by atoms with Crippen molar-refractivity contribution >= 4 is 11.8 Å². The Bertz CT molecular complexity index is 1120. The van der Waals surface area contributed by atoms with Crippen LogP contribution in [0.1, 0.15) is 24.5 Å². The molecule has 154 valence electrons. The first-order chi connectivity index (χ1) is 14.8. The average molecular weight is 425 g/mol. The molecule has 1 fully saturated rings. The molecule has 0 amide bonds. The molecule has 0 radical (unpaired) electrons. The molecule has 1 aliphatic rings. The van der Waals surface area contributed by atoms with E-state index in [1.54, 1.807) is 4.68 Å². The number of thioether (sulfide) groups is 1. The first-order valence-electron chi connectivity index (χ1n) is 9.63. The van der Waals surface area contributed by atoms with E-state index in [0.717, 1.165) is 25.0 Å². The molecule has 11 heteroatoms. The molecular weight excluding hydrogens is 406 g/mol. The lowest BCUT2D eigenvalue weighted by Crippen LogP contribution is -2.16. The Morgan fingerprint density at radius 3 is 2.90 bits per heavy atom. The summed E-state index contributed by atoms with van der Waals surface area (Å²) in [7, 11) is 0. The van der Waals surface area contributed by atoms with Gasteiger partial charge in [-0.3, -0.25) is 0 Å². The summed E-state index contributed by atoms with van der Waals surface area (Å²) in [5.74, 6) is 1.92. The van der Waals surface area contributed by atoms with E-state index in [4.69, 9.17) is 13.7 Å². The second-order valence-corrected chi connectivity index (χ2v) is 7.84. The van der Waals surface area contributed by atoms with Crippen molar-refractivity contribution in [1.29, 1.82) is 0 Å². The molecule has 1 atom stereocenters. The number of tetrazole rings is 1. The van der Waals surface area contributed by atoms with E-state index < -0.39 is 0 Å².